The molecule has 0 bridgehead atoms. The SMILES string of the molecule is CS(=O)(=O)Cc1cccc(C(=O)NCCCN2CCCCCC2=O)c1. The normalized spacial score (nSPS) is 15.7. The third kappa shape index (κ3) is 6.86. The van der Waals surface area contributed by atoms with Crippen molar-refractivity contribution in [2.24, 2.45) is 0 Å². The van der Waals surface area contributed by atoms with Crippen molar-refractivity contribution in [1.82, 2.24) is 10.2 Å². The van der Waals surface area contributed by atoms with Crippen LogP contribution < -0.4 is 5.32 Å². The van der Waals surface area contributed by atoms with E-state index in [1.807, 2.05) is 4.90 Å². The van der Waals surface area contributed by atoms with Gasteiger partial charge in [-0.1, -0.05) is 18.6 Å². The summed E-state index contributed by atoms with van der Waals surface area (Å²) in [5.41, 5.74) is 1.05. The number of benzene rings is 1. The van der Waals surface area contributed by atoms with Crippen LogP contribution in [0.1, 0.15) is 48.0 Å². The second kappa shape index (κ2) is 8.99. The van der Waals surface area contributed by atoms with Crippen LogP contribution in [0.25, 0.3) is 0 Å². The van der Waals surface area contributed by atoms with Crippen LogP contribution in [-0.4, -0.2) is 51.0 Å². The summed E-state index contributed by atoms with van der Waals surface area (Å²) in [6.45, 7) is 1.95. The summed E-state index contributed by atoms with van der Waals surface area (Å²) in [4.78, 5) is 26.0. The molecule has 138 valence electrons. The van der Waals surface area contributed by atoms with Crippen LogP contribution in [0.4, 0.5) is 0 Å². The first kappa shape index (κ1) is 19.4. The van der Waals surface area contributed by atoms with Crippen LogP contribution in [0.2, 0.25) is 0 Å². The van der Waals surface area contributed by atoms with E-state index < -0.39 is 9.84 Å². The standard InChI is InChI=1S/C18H26N2O4S/c1-25(23,24)14-15-7-5-8-16(13-15)18(22)19-10-6-12-20-11-4-2-3-9-17(20)21/h5,7-8,13H,2-4,6,9-12,14H2,1H3,(H,19,22). The minimum Gasteiger partial charge on any atom is -0.352 e. The maximum Gasteiger partial charge on any atom is 0.251 e. The van der Waals surface area contributed by atoms with Gasteiger partial charge in [-0.25, -0.2) is 8.42 Å². The van der Waals surface area contributed by atoms with Crippen molar-refractivity contribution < 1.29 is 18.0 Å². The molecule has 2 amide bonds. The minimum atomic E-state index is -3.13. The van der Waals surface area contributed by atoms with Crippen molar-refractivity contribution in [3.05, 3.63) is 35.4 Å². The third-order valence-electron chi connectivity index (χ3n) is 4.18. The molecule has 2 rings (SSSR count). The predicted octanol–water partition coefficient (Wildman–Crippen LogP) is 1.75. The van der Waals surface area contributed by atoms with Crippen molar-refractivity contribution in [3.8, 4) is 0 Å². The van der Waals surface area contributed by atoms with E-state index in [1.54, 1.807) is 24.3 Å². The quantitative estimate of drug-likeness (QED) is 0.745. The molecule has 1 aliphatic heterocycles. The van der Waals surface area contributed by atoms with Gasteiger partial charge in [0.25, 0.3) is 5.91 Å². The molecule has 0 unspecified atom stereocenters. The molecule has 0 atom stereocenters. The number of nitrogens with zero attached hydrogens (tertiary/aromatic N) is 1. The van der Waals surface area contributed by atoms with E-state index in [4.69, 9.17) is 0 Å². The lowest BCUT2D eigenvalue weighted by molar-refractivity contribution is -0.130. The summed E-state index contributed by atoms with van der Waals surface area (Å²) in [7, 11) is -3.13. The molecule has 1 heterocycles. The Labute approximate surface area is 149 Å². The highest BCUT2D eigenvalue weighted by atomic mass is 32.2. The molecule has 1 aromatic carbocycles. The second-order valence-corrected chi connectivity index (χ2v) is 8.71. The van der Waals surface area contributed by atoms with Gasteiger partial charge in [0.2, 0.25) is 5.91 Å². The highest BCUT2D eigenvalue weighted by Gasteiger charge is 2.16. The summed E-state index contributed by atoms with van der Waals surface area (Å²) >= 11 is 0. The molecule has 0 saturated carbocycles. The fraction of sp³-hybridized carbons (Fsp3) is 0.556. The number of sulfone groups is 1. The number of amides is 2. The van der Waals surface area contributed by atoms with Gasteiger partial charge in [0, 0.05) is 37.9 Å². The minimum absolute atomic E-state index is 0.0782. The molecule has 1 aromatic rings. The van der Waals surface area contributed by atoms with Gasteiger partial charge in [-0.15, -0.1) is 0 Å². The Morgan fingerprint density at radius 3 is 2.80 bits per heavy atom. The van der Waals surface area contributed by atoms with Gasteiger partial charge in [-0.3, -0.25) is 9.59 Å². The van der Waals surface area contributed by atoms with E-state index in [-0.39, 0.29) is 17.6 Å². The number of hydrogen-bond donors (Lipinski definition) is 1. The maximum absolute atomic E-state index is 12.2. The van der Waals surface area contributed by atoms with E-state index in [0.717, 1.165) is 25.8 Å². The van der Waals surface area contributed by atoms with Crippen LogP contribution in [-0.2, 0) is 20.4 Å². The Kier molecular flexibility index (Phi) is 6.99. The lowest BCUT2D eigenvalue weighted by Gasteiger charge is -2.20. The molecule has 1 saturated heterocycles. The van der Waals surface area contributed by atoms with E-state index in [2.05, 4.69) is 5.32 Å². The highest BCUT2D eigenvalue weighted by molar-refractivity contribution is 7.89. The van der Waals surface area contributed by atoms with Gasteiger partial charge in [0.15, 0.2) is 9.84 Å². The van der Waals surface area contributed by atoms with Crippen molar-refractivity contribution in [2.75, 3.05) is 25.9 Å². The Balaban J connectivity index is 1.80. The van der Waals surface area contributed by atoms with Gasteiger partial charge in [0.1, 0.15) is 0 Å². The summed E-state index contributed by atoms with van der Waals surface area (Å²) in [5, 5.41) is 2.83. The Morgan fingerprint density at radius 2 is 2.04 bits per heavy atom. The van der Waals surface area contributed by atoms with Gasteiger partial charge < -0.3 is 10.2 Å². The first-order valence-electron chi connectivity index (χ1n) is 8.68. The summed E-state index contributed by atoms with van der Waals surface area (Å²) in [5.74, 6) is -0.0968. The van der Waals surface area contributed by atoms with Gasteiger partial charge in [-0.05, 0) is 37.0 Å². The summed E-state index contributed by atoms with van der Waals surface area (Å²) < 4.78 is 22.7. The van der Waals surface area contributed by atoms with Crippen LogP contribution in [0.15, 0.2) is 24.3 Å². The Morgan fingerprint density at radius 1 is 1.24 bits per heavy atom. The first-order valence-corrected chi connectivity index (χ1v) is 10.7. The molecule has 25 heavy (non-hydrogen) atoms. The molecule has 1 fully saturated rings. The molecule has 1 N–H and O–H groups in total. The van der Waals surface area contributed by atoms with E-state index >= 15 is 0 Å². The van der Waals surface area contributed by atoms with Gasteiger partial charge >= 0.3 is 0 Å². The zero-order valence-electron chi connectivity index (χ0n) is 14.7. The topological polar surface area (TPSA) is 83.6 Å². The summed E-state index contributed by atoms with van der Waals surface area (Å²) in [6.07, 6.45) is 5.62. The number of hydrogen-bond acceptors (Lipinski definition) is 4. The van der Waals surface area contributed by atoms with Crippen molar-refractivity contribution in [1.29, 1.82) is 0 Å². The summed E-state index contributed by atoms with van der Waals surface area (Å²) in [6, 6.07) is 6.66. The van der Waals surface area contributed by atoms with Gasteiger partial charge in [-0.2, -0.15) is 0 Å². The smallest absolute Gasteiger partial charge is 0.251 e. The molecule has 1 aliphatic rings. The van der Waals surface area contributed by atoms with Crippen molar-refractivity contribution in [2.45, 2.75) is 37.9 Å². The van der Waals surface area contributed by atoms with E-state index in [0.29, 0.717) is 37.1 Å². The van der Waals surface area contributed by atoms with Crippen LogP contribution in [0.5, 0.6) is 0 Å². The molecule has 0 aliphatic carbocycles. The molecule has 6 nitrogen and oxygen atoms in total. The molecule has 7 heteroatoms. The monoisotopic (exact) mass is 366 g/mol. The zero-order chi connectivity index (χ0) is 18.3. The lowest BCUT2D eigenvalue weighted by atomic mass is 10.1. The molecular formula is C18H26N2O4S. The number of carbonyl (C=O) groups excluding carboxylic acids is 2. The van der Waals surface area contributed by atoms with E-state index in [1.165, 1.54) is 6.26 Å². The number of rotatable bonds is 7. The van der Waals surface area contributed by atoms with Crippen LogP contribution in [0.3, 0.4) is 0 Å². The fourth-order valence-corrected chi connectivity index (χ4v) is 3.74. The average molecular weight is 366 g/mol. The van der Waals surface area contributed by atoms with Crippen molar-refractivity contribution >= 4 is 21.7 Å². The Hall–Kier alpha value is -1.89. The first-order chi connectivity index (χ1) is 11.8. The molecule has 0 radical (unpaired) electrons. The third-order valence-corrected chi connectivity index (χ3v) is 5.04. The zero-order valence-corrected chi connectivity index (χ0v) is 15.5. The Bertz CT molecular complexity index is 716. The maximum atomic E-state index is 12.2. The molecular weight excluding hydrogens is 340 g/mol. The second-order valence-electron chi connectivity index (χ2n) is 6.57. The largest absolute Gasteiger partial charge is 0.352 e. The van der Waals surface area contributed by atoms with Crippen LogP contribution >= 0.6 is 0 Å². The average Bonchev–Trinajstić information content (AvgIpc) is 2.74. The molecule has 0 spiro atoms. The van der Waals surface area contributed by atoms with Crippen molar-refractivity contribution in [3.63, 3.8) is 0 Å². The van der Waals surface area contributed by atoms with Crippen LogP contribution in [0, 0.1) is 0 Å². The van der Waals surface area contributed by atoms with Gasteiger partial charge in [0.05, 0.1) is 5.75 Å². The van der Waals surface area contributed by atoms with E-state index in [9.17, 15) is 18.0 Å². The fourth-order valence-electron chi connectivity index (χ4n) is 2.95. The molecule has 0 aromatic heterocycles. The lowest BCUT2D eigenvalue weighted by Crippen LogP contribution is -2.34. The number of likely N-dealkylation sites (tertiary alicyclic amines) is 1. The highest BCUT2D eigenvalue weighted by Crippen LogP contribution is 2.11. The predicted molar refractivity (Wildman–Crippen MR) is 97.0 cm³/mol. The number of nitrogens with one attached hydrogen (secondary N) is 1. The number of carbonyl (C=O) groups is 2.